The molecule has 2 N–H and O–H groups in total. The van der Waals surface area contributed by atoms with E-state index in [0.29, 0.717) is 12.5 Å². The number of hydrogen-bond donors (Lipinski definition) is 2. The van der Waals surface area contributed by atoms with E-state index in [9.17, 15) is 4.79 Å². The van der Waals surface area contributed by atoms with Crippen LogP contribution in [0, 0.1) is 0 Å². The second kappa shape index (κ2) is 5.85. The van der Waals surface area contributed by atoms with Crippen LogP contribution in [-0.2, 0) is 4.79 Å². The molecule has 94 valence electrons. The number of carbonyl (C=O) groups is 1. The number of rotatable bonds is 6. The highest BCUT2D eigenvalue weighted by molar-refractivity contribution is 7.16. The summed E-state index contributed by atoms with van der Waals surface area (Å²) in [5.74, 6) is 0.0928. The first-order chi connectivity index (χ1) is 8.15. The Morgan fingerprint density at radius 2 is 2.35 bits per heavy atom. The van der Waals surface area contributed by atoms with E-state index >= 15 is 0 Å². The molecule has 1 atom stereocenters. The molecular formula is C12H17ClN2OS. The van der Waals surface area contributed by atoms with Gasteiger partial charge in [-0.15, -0.1) is 11.3 Å². The van der Waals surface area contributed by atoms with Crippen LogP contribution in [0.1, 0.15) is 37.1 Å². The van der Waals surface area contributed by atoms with E-state index in [1.165, 1.54) is 24.2 Å². The van der Waals surface area contributed by atoms with Crippen LogP contribution in [0.2, 0.25) is 4.34 Å². The minimum absolute atomic E-state index is 0.0425. The molecule has 0 aromatic carbocycles. The maximum absolute atomic E-state index is 11.7. The lowest BCUT2D eigenvalue weighted by Crippen LogP contribution is -2.30. The zero-order chi connectivity index (χ0) is 12.3. The minimum Gasteiger partial charge on any atom is -0.349 e. The Labute approximate surface area is 111 Å². The fourth-order valence-electron chi connectivity index (χ4n) is 1.62. The molecule has 1 aromatic rings. The van der Waals surface area contributed by atoms with Crippen LogP contribution in [0.5, 0.6) is 0 Å². The Bertz CT molecular complexity index is 390. The van der Waals surface area contributed by atoms with Gasteiger partial charge in [0.15, 0.2) is 0 Å². The molecule has 2 rings (SSSR count). The SMILES string of the molecule is CC(NC(=O)CCNC1CC1)c1ccc(Cl)s1. The van der Waals surface area contributed by atoms with Crippen LogP contribution < -0.4 is 10.6 Å². The molecule has 0 saturated heterocycles. The van der Waals surface area contributed by atoms with Crippen molar-refractivity contribution >= 4 is 28.8 Å². The quantitative estimate of drug-likeness (QED) is 0.836. The van der Waals surface area contributed by atoms with Gasteiger partial charge in [0, 0.05) is 23.9 Å². The molecule has 1 fully saturated rings. The van der Waals surface area contributed by atoms with Crippen molar-refractivity contribution in [3.8, 4) is 0 Å². The van der Waals surface area contributed by atoms with Gasteiger partial charge >= 0.3 is 0 Å². The summed E-state index contributed by atoms with van der Waals surface area (Å²) in [5.41, 5.74) is 0. The van der Waals surface area contributed by atoms with Gasteiger partial charge in [0.25, 0.3) is 0 Å². The van der Waals surface area contributed by atoms with E-state index in [-0.39, 0.29) is 11.9 Å². The Balaban J connectivity index is 1.69. The van der Waals surface area contributed by atoms with E-state index in [0.717, 1.165) is 15.8 Å². The molecule has 0 aliphatic heterocycles. The summed E-state index contributed by atoms with van der Waals surface area (Å²) >= 11 is 7.37. The molecule has 0 radical (unpaired) electrons. The van der Waals surface area contributed by atoms with Gasteiger partial charge in [-0.2, -0.15) is 0 Å². The first-order valence-electron chi connectivity index (χ1n) is 5.93. The zero-order valence-electron chi connectivity index (χ0n) is 9.83. The lowest BCUT2D eigenvalue weighted by molar-refractivity contribution is -0.121. The zero-order valence-corrected chi connectivity index (χ0v) is 11.4. The molecular weight excluding hydrogens is 256 g/mol. The lowest BCUT2D eigenvalue weighted by atomic mass is 10.2. The second-order valence-electron chi connectivity index (χ2n) is 4.41. The molecule has 17 heavy (non-hydrogen) atoms. The largest absolute Gasteiger partial charge is 0.349 e. The number of thiophene rings is 1. The van der Waals surface area contributed by atoms with E-state index < -0.39 is 0 Å². The van der Waals surface area contributed by atoms with Crippen molar-refractivity contribution in [2.45, 2.75) is 38.3 Å². The highest BCUT2D eigenvalue weighted by Gasteiger charge is 2.20. The normalized spacial score (nSPS) is 16.8. The summed E-state index contributed by atoms with van der Waals surface area (Å²) in [7, 11) is 0. The van der Waals surface area contributed by atoms with Crippen LogP contribution in [0.25, 0.3) is 0 Å². The second-order valence-corrected chi connectivity index (χ2v) is 6.16. The molecule has 1 unspecified atom stereocenters. The van der Waals surface area contributed by atoms with Gasteiger partial charge in [-0.25, -0.2) is 0 Å². The first kappa shape index (κ1) is 12.9. The van der Waals surface area contributed by atoms with Crippen molar-refractivity contribution in [3.05, 3.63) is 21.3 Å². The molecule has 1 aromatic heterocycles. The molecule has 1 aliphatic rings. The Morgan fingerprint density at radius 3 is 2.94 bits per heavy atom. The maximum Gasteiger partial charge on any atom is 0.221 e. The molecule has 1 saturated carbocycles. The molecule has 1 aliphatic carbocycles. The van der Waals surface area contributed by atoms with Gasteiger partial charge in [0.2, 0.25) is 5.91 Å². The number of hydrogen-bond acceptors (Lipinski definition) is 3. The fourth-order valence-corrected chi connectivity index (χ4v) is 2.69. The van der Waals surface area contributed by atoms with E-state index in [2.05, 4.69) is 10.6 Å². The molecule has 0 spiro atoms. The fraction of sp³-hybridized carbons (Fsp3) is 0.583. The standard InChI is InChI=1S/C12H17ClN2OS/c1-8(10-4-5-11(13)17-10)15-12(16)6-7-14-9-2-3-9/h4-5,8-9,14H,2-3,6-7H2,1H3,(H,15,16). The highest BCUT2D eigenvalue weighted by Crippen LogP contribution is 2.26. The summed E-state index contributed by atoms with van der Waals surface area (Å²) in [6, 6.07) is 4.52. The summed E-state index contributed by atoms with van der Waals surface area (Å²) in [4.78, 5) is 12.8. The topological polar surface area (TPSA) is 41.1 Å². The van der Waals surface area contributed by atoms with Gasteiger partial charge in [0.05, 0.1) is 10.4 Å². The summed E-state index contributed by atoms with van der Waals surface area (Å²) in [6.07, 6.45) is 3.05. The maximum atomic E-state index is 11.7. The number of halogens is 1. The van der Waals surface area contributed by atoms with Gasteiger partial charge in [-0.3, -0.25) is 4.79 Å². The van der Waals surface area contributed by atoms with E-state index in [4.69, 9.17) is 11.6 Å². The van der Waals surface area contributed by atoms with Crippen molar-refractivity contribution in [2.24, 2.45) is 0 Å². The van der Waals surface area contributed by atoms with Gasteiger partial charge in [0.1, 0.15) is 0 Å². The van der Waals surface area contributed by atoms with Crippen LogP contribution in [0.4, 0.5) is 0 Å². The molecule has 3 nitrogen and oxygen atoms in total. The number of amides is 1. The van der Waals surface area contributed by atoms with Crippen molar-refractivity contribution in [1.29, 1.82) is 0 Å². The van der Waals surface area contributed by atoms with Gasteiger partial charge < -0.3 is 10.6 Å². The third kappa shape index (κ3) is 4.30. The average Bonchev–Trinajstić information content (AvgIpc) is 2.99. The third-order valence-electron chi connectivity index (χ3n) is 2.76. The number of nitrogens with one attached hydrogen (secondary N) is 2. The summed E-state index contributed by atoms with van der Waals surface area (Å²) in [5, 5.41) is 6.30. The summed E-state index contributed by atoms with van der Waals surface area (Å²) in [6.45, 7) is 2.75. The molecule has 1 amide bonds. The molecule has 0 bridgehead atoms. The van der Waals surface area contributed by atoms with E-state index in [1.807, 2.05) is 19.1 Å². The van der Waals surface area contributed by atoms with Crippen LogP contribution in [-0.4, -0.2) is 18.5 Å². The predicted octanol–water partition coefficient (Wildman–Crippen LogP) is 2.72. The van der Waals surface area contributed by atoms with Gasteiger partial charge in [-0.05, 0) is 31.9 Å². The first-order valence-corrected chi connectivity index (χ1v) is 7.12. The van der Waals surface area contributed by atoms with E-state index in [1.54, 1.807) is 0 Å². The highest BCUT2D eigenvalue weighted by atomic mass is 35.5. The minimum atomic E-state index is 0.0425. The summed E-state index contributed by atoms with van der Waals surface area (Å²) < 4.78 is 0.761. The average molecular weight is 273 g/mol. The monoisotopic (exact) mass is 272 g/mol. The number of carbonyl (C=O) groups excluding carboxylic acids is 1. The van der Waals surface area contributed by atoms with Crippen molar-refractivity contribution in [2.75, 3.05) is 6.54 Å². The van der Waals surface area contributed by atoms with Crippen LogP contribution in [0.15, 0.2) is 12.1 Å². The van der Waals surface area contributed by atoms with Crippen molar-refractivity contribution < 1.29 is 4.79 Å². The van der Waals surface area contributed by atoms with Crippen molar-refractivity contribution in [3.63, 3.8) is 0 Å². The Hall–Kier alpha value is -0.580. The smallest absolute Gasteiger partial charge is 0.221 e. The van der Waals surface area contributed by atoms with Gasteiger partial charge in [-0.1, -0.05) is 11.6 Å². The molecule has 5 heteroatoms. The Morgan fingerprint density at radius 1 is 1.59 bits per heavy atom. The molecule has 1 heterocycles. The lowest BCUT2D eigenvalue weighted by Gasteiger charge is -2.12. The van der Waals surface area contributed by atoms with Crippen LogP contribution in [0.3, 0.4) is 0 Å². The van der Waals surface area contributed by atoms with Crippen LogP contribution >= 0.6 is 22.9 Å². The third-order valence-corrected chi connectivity index (χ3v) is 4.17. The van der Waals surface area contributed by atoms with Crippen molar-refractivity contribution in [1.82, 2.24) is 10.6 Å². The Kier molecular flexibility index (Phi) is 4.42. The predicted molar refractivity (Wildman–Crippen MR) is 71.5 cm³/mol.